The van der Waals surface area contributed by atoms with Crippen LogP contribution in [0.15, 0.2) is 18.2 Å². The largest absolute Gasteiger partial charge is 0.492 e. The Morgan fingerprint density at radius 2 is 2.42 bits per heavy atom. The van der Waals surface area contributed by atoms with Crippen molar-refractivity contribution in [1.29, 1.82) is 0 Å². The Labute approximate surface area is 71.2 Å². The fraction of sp³-hybridized carbons (Fsp3) is 0.300. The zero-order chi connectivity index (χ0) is 8.55. The highest BCUT2D eigenvalue weighted by Gasteiger charge is 2.21. The minimum Gasteiger partial charge on any atom is -0.492 e. The Bertz CT molecular complexity index is 318. The SMILES string of the molecule is CC1COc2c(C=O)cccc21. The summed E-state index contributed by atoms with van der Waals surface area (Å²) >= 11 is 0. The van der Waals surface area contributed by atoms with E-state index >= 15 is 0 Å². The van der Waals surface area contributed by atoms with Crippen LogP contribution in [0.25, 0.3) is 0 Å². The smallest absolute Gasteiger partial charge is 0.153 e. The summed E-state index contributed by atoms with van der Waals surface area (Å²) in [6.45, 7) is 2.79. The van der Waals surface area contributed by atoms with Gasteiger partial charge >= 0.3 is 0 Å². The van der Waals surface area contributed by atoms with Crippen LogP contribution in [0.4, 0.5) is 0 Å². The van der Waals surface area contributed by atoms with Gasteiger partial charge < -0.3 is 4.74 Å². The number of ether oxygens (including phenoxy) is 1. The summed E-state index contributed by atoms with van der Waals surface area (Å²) in [5.41, 5.74) is 1.82. The van der Waals surface area contributed by atoms with Gasteiger partial charge in [-0.25, -0.2) is 0 Å². The van der Waals surface area contributed by atoms with Crippen molar-refractivity contribution in [1.82, 2.24) is 0 Å². The van der Waals surface area contributed by atoms with E-state index < -0.39 is 0 Å². The first-order valence-corrected chi connectivity index (χ1v) is 4.04. The van der Waals surface area contributed by atoms with Gasteiger partial charge in [0.1, 0.15) is 5.75 Å². The molecular formula is C10H10O2. The maximum Gasteiger partial charge on any atom is 0.153 e. The monoisotopic (exact) mass is 162 g/mol. The molecule has 2 rings (SSSR count). The number of para-hydroxylation sites is 1. The summed E-state index contributed by atoms with van der Waals surface area (Å²) < 4.78 is 5.40. The molecule has 0 bridgehead atoms. The highest BCUT2D eigenvalue weighted by Crippen LogP contribution is 2.35. The zero-order valence-corrected chi connectivity index (χ0v) is 6.91. The molecule has 0 N–H and O–H groups in total. The minimum absolute atomic E-state index is 0.417. The zero-order valence-electron chi connectivity index (χ0n) is 6.91. The van der Waals surface area contributed by atoms with Gasteiger partial charge in [-0.05, 0) is 6.07 Å². The second-order valence-corrected chi connectivity index (χ2v) is 3.10. The molecule has 0 saturated carbocycles. The minimum atomic E-state index is 0.417. The normalized spacial score (nSPS) is 19.9. The second-order valence-electron chi connectivity index (χ2n) is 3.10. The lowest BCUT2D eigenvalue weighted by Gasteiger charge is -2.00. The lowest BCUT2D eigenvalue weighted by molar-refractivity contribution is 0.112. The van der Waals surface area contributed by atoms with E-state index in [0.29, 0.717) is 18.1 Å². The molecule has 0 aliphatic carbocycles. The van der Waals surface area contributed by atoms with Gasteiger partial charge in [0.15, 0.2) is 6.29 Å². The van der Waals surface area contributed by atoms with E-state index in [1.54, 1.807) is 6.07 Å². The maximum absolute atomic E-state index is 10.6. The van der Waals surface area contributed by atoms with Gasteiger partial charge in [-0.15, -0.1) is 0 Å². The van der Waals surface area contributed by atoms with Crippen molar-refractivity contribution in [2.24, 2.45) is 0 Å². The van der Waals surface area contributed by atoms with E-state index in [4.69, 9.17) is 4.74 Å². The number of carbonyl (C=O) groups is 1. The van der Waals surface area contributed by atoms with Crippen molar-refractivity contribution in [3.63, 3.8) is 0 Å². The number of benzene rings is 1. The molecule has 1 atom stereocenters. The van der Waals surface area contributed by atoms with Crippen LogP contribution in [0.2, 0.25) is 0 Å². The number of hydrogen-bond donors (Lipinski definition) is 0. The molecule has 0 radical (unpaired) electrons. The van der Waals surface area contributed by atoms with E-state index in [-0.39, 0.29) is 0 Å². The summed E-state index contributed by atoms with van der Waals surface area (Å²) in [5, 5.41) is 0. The third-order valence-electron chi connectivity index (χ3n) is 2.21. The van der Waals surface area contributed by atoms with Crippen LogP contribution in [0.3, 0.4) is 0 Å². The third-order valence-corrected chi connectivity index (χ3v) is 2.21. The number of fused-ring (bicyclic) bond motifs is 1. The molecule has 1 unspecified atom stereocenters. The maximum atomic E-state index is 10.6. The van der Waals surface area contributed by atoms with E-state index in [9.17, 15) is 4.79 Å². The molecule has 0 fully saturated rings. The molecule has 0 saturated heterocycles. The van der Waals surface area contributed by atoms with Gasteiger partial charge in [0, 0.05) is 11.5 Å². The van der Waals surface area contributed by atoms with Crippen LogP contribution in [-0.4, -0.2) is 12.9 Å². The molecule has 0 spiro atoms. The van der Waals surface area contributed by atoms with Gasteiger partial charge in [0.2, 0.25) is 0 Å². The van der Waals surface area contributed by atoms with E-state index in [1.165, 1.54) is 0 Å². The predicted octanol–water partition coefficient (Wildman–Crippen LogP) is 2.00. The molecule has 1 aliphatic rings. The Hall–Kier alpha value is -1.31. The van der Waals surface area contributed by atoms with Crippen LogP contribution in [0.5, 0.6) is 5.75 Å². The van der Waals surface area contributed by atoms with Crippen molar-refractivity contribution in [3.05, 3.63) is 29.3 Å². The number of aldehydes is 1. The van der Waals surface area contributed by atoms with E-state index in [2.05, 4.69) is 6.92 Å². The standard InChI is InChI=1S/C10H10O2/c1-7-6-12-10-8(5-11)3-2-4-9(7)10/h2-5,7H,6H2,1H3. The van der Waals surface area contributed by atoms with Crippen LogP contribution in [-0.2, 0) is 0 Å². The summed E-state index contributed by atoms with van der Waals surface area (Å²) in [7, 11) is 0. The Balaban J connectivity index is 2.57. The van der Waals surface area contributed by atoms with Crippen molar-refractivity contribution >= 4 is 6.29 Å². The van der Waals surface area contributed by atoms with E-state index in [1.807, 2.05) is 12.1 Å². The molecule has 2 heteroatoms. The second kappa shape index (κ2) is 2.63. The molecule has 1 aromatic rings. The molecule has 62 valence electrons. The first kappa shape index (κ1) is 7.35. The first-order chi connectivity index (χ1) is 5.83. The molecule has 1 aromatic carbocycles. The summed E-state index contributed by atoms with van der Waals surface area (Å²) in [6, 6.07) is 5.69. The van der Waals surface area contributed by atoms with Crippen LogP contribution < -0.4 is 4.74 Å². The first-order valence-electron chi connectivity index (χ1n) is 4.04. The van der Waals surface area contributed by atoms with Gasteiger partial charge in [0.25, 0.3) is 0 Å². The molecule has 12 heavy (non-hydrogen) atoms. The average molecular weight is 162 g/mol. The lowest BCUT2D eigenvalue weighted by atomic mass is 10.0. The topological polar surface area (TPSA) is 26.3 Å². The Morgan fingerprint density at radius 1 is 1.58 bits per heavy atom. The number of hydrogen-bond acceptors (Lipinski definition) is 2. The van der Waals surface area contributed by atoms with Crippen molar-refractivity contribution < 1.29 is 9.53 Å². The van der Waals surface area contributed by atoms with E-state index in [0.717, 1.165) is 17.6 Å². The molecular weight excluding hydrogens is 152 g/mol. The summed E-state index contributed by atoms with van der Waals surface area (Å²) in [4.78, 5) is 10.6. The van der Waals surface area contributed by atoms with Crippen molar-refractivity contribution in [2.75, 3.05) is 6.61 Å². The highest BCUT2D eigenvalue weighted by molar-refractivity contribution is 5.80. The quantitative estimate of drug-likeness (QED) is 0.590. The van der Waals surface area contributed by atoms with Gasteiger partial charge in [-0.1, -0.05) is 19.1 Å². The highest BCUT2D eigenvalue weighted by atomic mass is 16.5. The van der Waals surface area contributed by atoms with Crippen molar-refractivity contribution in [2.45, 2.75) is 12.8 Å². The van der Waals surface area contributed by atoms with Gasteiger partial charge in [0.05, 0.1) is 12.2 Å². The lowest BCUT2D eigenvalue weighted by Crippen LogP contribution is -1.93. The molecule has 0 amide bonds. The molecule has 0 aromatic heterocycles. The fourth-order valence-corrected chi connectivity index (χ4v) is 1.52. The molecule has 1 aliphatic heterocycles. The molecule has 2 nitrogen and oxygen atoms in total. The van der Waals surface area contributed by atoms with Crippen LogP contribution >= 0.6 is 0 Å². The fourth-order valence-electron chi connectivity index (χ4n) is 1.52. The van der Waals surface area contributed by atoms with Gasteiger partial charge in [-0.2, -0.15) is 0 Å². The molecule has 1 heterocycles. The number of carbonyl (C=O) groups excluding carboxylic acids is 1. The summed E-state index contributed by atoms with van der Waals surface area (Å²) in [6.07, 6.45) is 0.844. The Morgan fingerprint density at radius 3 is 3.17 bits per heavy atom. The van der Waals surface area contributed by atoms with Gasteiger partial charge in [-0.3, -0.25) is 4.79 Å². The van der Waals surface area contributed by atoms with Crippen LogP contribution in [0, 0.1) is 0 Å². The van der Waals surface area contributed by atoms with Crippen molar-refractivity contribution in [3.8, 4) is 5.75 Å². The Kier molecular flexibility index (Phi) is 1.61. The summed E-state index contributed by atoms with van der Waals surface area (Å²) in [5.74, 6) is 1.19. The third kappa shape index (κ3) is 0.916. The van der Waals surface area contributed by atoms with Crippen LogP contribution in [0.1, 0.15) is 28.8 Å². The predicted molar refractivity (Wildman–Crippen MR) is 45.7 cm³/mol. The number of rotatable bonds is 1. The average Bonchev–Trinajstić information content (AvgIpc) is 2.48.